The summed E-state index contributed by atoms with van der Waals surface area (Å²) >= 11 is 4.72. The molecule has 5 heteroatoms. The highest BCUT2D eigenvalue weighted by Crippen LogP contribution is 2.34. The van der Waals surface area contributed by atoms with Crippen LogP contribution in [0.4, 0.5) is 4.39 Å². The summed E-state index contributed by atoms with van der Waals surface area (Å²) in [4.78, 5) is 4.35. The average molecular weight is 324 g/mol. The van der Waals surface area contributed by atoms with Gasteiger partial charge in [0.05, 0.1) is 14.7 Å². The molecule has 1 heterocycles. The van der Waals surface area contributed by atoms with E-state index in [4.69, 9.17) is 4.74 Å². The lowest BCUT2D eigenvalue weighted by atomic mass is 10.3. The molecule has 2 aromatic carbocycles. The molecule has 0 saturated heterocycles. The second-order valence-electron chi connectivity index (χ2n) is 3.62. The number of rotatable bonds is 2. The van der Waals surface area contributed by atoms with Crippen LogP contribution in [0.15, 0.2) is 46.9 Å². The Bertz CT molecular complexity index is 680. The van der Waals surface area contributed by atoms with Gasteiger partial charge in [0.1, 0.15) is 11.6 Å². The highest BCUT2D eigenvalue weighted by atomic mass is 79.9. The summed E-state index contributed by atoms with van der Waals surface area (Å²) in [6, 6.07) is 12.1. The van der Waals surface area contributed by atoms with Crippen LogP contribution >= 0.6 is 27.3 Å². The number of benzene rings is 2. The van der Waals surface area contributed by atoms with Gasteiger partial charge in [-0.1, -0.05) is 23.5 Å². The van der Waals surface area contributed by atoms with Crippen LogP contribution in [0, 0.1) is 5.82 Å². The zero-order valence-corrected chi connectivity index (χ0v) is 11.5. The maximum Gasteiger partial charge on any atom is 0.279 e. The lowest BCUT2D eigenvalue weighted by molar-refractivity contribution is 0.475. The Labute approximate surface area is 115 Å². The maximum absolute atomic E-state index is 13.0. The number of aromatic nitrogens is 1. The normalized spacial score (nSPS) is 10.8. The SMILES string of the molecule is Fc1ccc(Oc2nc3ccccc3s2)c(Br)c1. The summed E-state index contributed by atoms with van der Waals surface area (Å²) in [5, 5.41) is 0.545. The summed E-state index contributed by atoms with van der Waals surface area (Å²) in [6.45, 7) is 0. The van der Waals surface area contributed by atoms with Crippen molar-refractivity contribution in [1.82, 2.24) is 4.98 Å². The molecule has 0 bridgehead atoms. The second-order valence-corrected chi connectivity index (χ2v) is 5.47. The van der Waals surface area contributed by atoms with E-state index in [9.17, 15) is 4.39 Å². The standard InChI is InChI=1S/C13H7BrFNOS/c14-9-7-8(15)5-6-11(9)17-13-16-10-3-1-2-4-12(10)18-13/h1-7H. The van der Waals surface area contributed by atoms with E-state index in [1.54, 1.807) is 6.07 Å². The highest BCUT2D eigenvalue weighted by Gasteiger charge is 2.08. The predicted octanol–water partition coefficient (Wildman–Crippen LogP) is 4.99. The molecule has 18 heavy (non-hydrogen) atoms. The fourth-order valence-corrected chi connectivity index (χ4v) is 2.81. The molecule has 0 N–H and O–H groups in total. The summed E-state index contributed by atoms with van der Waals surface area (Å²) in [6.07, 6.45) is 0. The number of ether oxygens (including phenoxy) is 1. The number of nitrogens with zero attached hydrogens (tertiary/aromatic N) is 1. The Morgan fingerprint density at radius 3 is 2.78 bits per heavy atom. The summed E-state index contributed by atoms with van der Waals surface area (Å²) in [5.74, 6) is 0.244. The van der Waals surface area contributed by atoms with Crippen LogP contribution in [-0.4, -0.2) is 4.98 Å². The van der Waals surface area contributed by atoms with E-state index in [-0.39, 0.29) is 5.82 Å². The molecule has 0 aliphatic heterocycles. The zero-order valence-electron chi connectivity index (χ0n) is 9.06. The van der Waals surface area contributed by atoms with Crippen LogP contribution in [0.3, 0.4) is 0 Å². The molecule has 0 aliphatic carbocycles. The van der Waals surface area contributed by atoms with E-state index >= 15 is 0 Å². The van der Waals surface area contributed by atoms with Crippen molar-refractivity contribution in [2.24, 2.45) is 0 Å². The van der Waals surface area contributed by atoms with Gasteiger partial charge < -0.3 is 4.74 Å². The van der Waals surface area contributed by atoms with Crippen molar-refractivity contribution < 1.29 is 9.13 Å². The van der Waals surface area contributed by atoms with Gasteiger partial charge in [0.25, 0.3) is 5.19 Å². The van der Waals surface area contributed by atoms with Crippen molar-refractivity contribution in [3.63, 3.8) is 0 Å². The molecule has 0 saturated carbocycles. The van der Waals surface area contributed by atoms with Crippen LogP contribution in [-0.2, 0) is 0 Å². The quantitative estimate of drug-likeness (QED) is 0.662. The van der Waals surface area contributed by atoms with Crippen molar-refractivity contribution in [1.29, 1.82) is 0 Å². The molecule has 90 valence electrons. The smallest absolute Gasteiger partial charge is 0.279 e. The number of fused-ring (bicyclic) bond motifs is 1. The summed E-state index contributed by atoms with van der Waals surface area (Å²) in [5.41, 5.74) is 0.899. The van der Waals surface area contributed by atoms with Crippen molar-refractivity contribution in [3.8, 4) is 10.9 Å². The molecule has 0 aliphatic rings. The molecule has 0 radical (unpaired) electrons. The molecule has 3 aromatic rings. The first-order valence-corrected chi connectivity index (χ1v) is 6.82. The molecular weight excluding hydrogens is 317 g/mol. The van der Waals surface area contributed by atoms with Gasteiger partial charge in [-0.15, -0.1) is 0 Å². The Balaban J connectivity index is 1.96. The Kier molecular flexibility index (Phi) is 3.01. The van der Waals surface area contributed by atoms with Gasteiger partial charge >= 0.3 is 0 Å². The van der Waals surface area contributed by atoms with Gasteiger partial charge in [-0.25, -0.2) is 9.37 Å². The molecule has 0 fully saturated rings. The van der Waals surface area contributed by atoms with Crippen LogP contribution < -0.4 is 4.74 Å². The van der Waals surface area contributed by atoms with Crippen molar-refractivity contribution in [2.75, 3.05) is 0 Å². The number of thiazole rings is 1. The van der Waals surface area contributed by atoms with E-state index < -0.39 is 0 Å². The van der Waals surface area contributed by atoms with Gasteiger partial charge in [0, 0.05) is 0 Å². The molecular formula is C13H7BrFNOS. The van der Waals surface area contributed by atoms with Gasteiger partial charge in [-0.2, -0.15) is 0 Å². The fourth-order valence-electron chi connectivity index (χ4n) is 1.55. The Hall–Kier alpha value is -1.46. The van der Waals surface area contributed by atoms with E-state index in [1.807, 2.05) is 24.3 Å². The third-order valence-electron chi connectivity index (χ3n) is 2.37. The van der Waals surface area contributed by atoms with E-state index in [0.717, 1.165) is 10.2 Å². The van der Waals surface area contributed by atoms with E-state index in [1.165, 1.54) is 23.5 Å². The number of halogens is 2. The van der Waals surface area contributed by atoms with Gasteiger partial charge in [0.15, 0.2) is 0 Å². The van der Waals surface area contributed by atoms with Crippen LogP contribution in [0.2, 0.25) is 0 Å². The number of para-hydroxylation sites is 1. The molecule has 0 spiro atoms. The zero-order chi connectivity index (χ0) is 12.5. The van der Waals surface area contributed by atoms with Crippen LogP contribution in [0.5, 0.6) is 10.9 Å². The third kappa shape index (κ3) is 2.23. The first-order chi connectivity index (χ1) is 8.72. The monoisotopic (exact) mass is 323 g/mol. The molecule has 0 atom stereocenters. The molecule has 2 nitrogen and oxygen atoms in total. The molecule has 1 aromatic heterocycles. The van der Waals surface area contributed by atoms with Crippen LogP contribution in [0.25, 0.3) is 10.2 Å². The predicted molar refractivity (Wildman–Crippen MR) is 73.8 cm³/mol. The minimum absolute atomic E-state index is 0.307. The first kappa shape index (κ1) is 11.6. The fraction of sp³-hybridized carbons (Fsp3) is 0. The van der Waals surface area contributed by atoms with Gasteiger partial charge in [-0.05, 0) is 46.3 Å². The molecule has 0 amide bonds. The number of hydrogen-bond donors (Lipinski definition) is 0. The van der Waals surface area contributed by atoms with E-state index in [2.05, 4.69) is 20.9 Å². The first-order valence-electron chi connectivity index (χ1n) is 5.21. The maximum atomic E-state index is 13.0. The van der Waals surface area contributed by atoms with E-state index in [0.29, 0.717) is 15.4 Å². The highest BCUT2D eigenvalue weighted by molar-refractivity contribution is 9.10. The third-order valence-corrected chi connectivity index (χ3v) is 3.90. The minimum atomic E-state index is -0.307. The lowest BCUT2D eigenvalue weighted by Crippen LogP contribution is -1.85. The Morgan fingerprint density at radius 2 is 2.00 bits per heavy atom. The van der Waals surface area contributed by atoms with Crippen LogP contribution in [0.1, 0.15) is 0 Å². The van der Waals surface area contributed by atoms with Crippen molar-refractivity contribution >= 4 is 37.5 Å². The van der Waals surface area contributed by atoms with Crippen molar-refractivity contribution in [3.05, 3.63) is 52.8 Å². The van der Waals surface area contributed by atoms with Gasteiger partial charge in [-0.3, -0.25) is 0 Å². The molecule has 0 unspecified atom stereocenters. The lowest BCUT2D eigenvalue weighted by Gasteiger charge is -2.03. The second kappa shape index (κ2) is 4.66. The minimum Gasteiger partial charge on any atom is -0.430 e. The van der Waals surface area contributed by atoms with Crippen molar-refractivity contribution in [2.45, 2.75) is 0 Å². The average Bonchev–Trinajstić information content (AvgIpc) is 2.75. The topological polar surface area (TPSA) is 22.1 Å². The summed E-state index contributed by atoms with van der Waals surface area (Å²) in [7, 11) is 0. The molecule has 3 rings (SSSR count). The summed E-state index contributed by atoms with van der Waals surface area (Å²) < 4.78 is 20.2. The van der Waals surface area contributed by atoms with Gasteiger partial charge in [0.2, 0.25) is 0 Å². The largest absolute Gasteiger partial charge is 0.430 e. The number of hydrogen-bond acceptors (Lipinski definition) is 3. The Morgan fingerprint density at radius 1 is 1.17 bits per heavy atom.